The van der Waals surface area contributed by atoms with Crippen LogP contribution in [0.3, 0.4) is 0 Å². The summed E-state index contributed by atoms with van der Waals surface area (Å²) in [6, 6.07) is 0. The fourth-order valence-corrected chi connectivity index (χ4v) is 1.03. The number of rotatable bonds is 3. The number of carbonyl (C=O) groups excluding carboxylic acids is 1. The first-order chi connectivity index (χ1) is 5.74. The number of H-pyrrole nitrogens is 1. The van der Waals surface area contributed by atoms with Gasteiger partial charge in [0.25, 0.3) is 0 Å². The quantitative estimate of drug-likeness (QED) is 0.678. The maximum absolute atomic E-state index is 11.0. The van der Waals surface area contributed by atoms with Gasteiger partial charge in [-0.15, -0.1) is 0 Å². The molecule has 66 valence electrons. The Morgan fingerprint density at radius 2 is 2.58 bits per heavy atom. The normalized spacial score (nSPS) is 12.5. The number of methoxy groups -OCH3 is 1. The number of esters is 1. The van der Waals surface area contributed by atoms with E-state index >= 15 is 0 Å². The van der Waals surface area contributed by atoms with Crippen LogP contribution < -0.4 is 0 Å². The van der Waals surface area contributed by atoms with Crippen LogP contribution in [-0.4, -0.2) is 23.3 Å². The maximum atomic E-state index is 11.0. The van der Waals surface area contributed by atoms with Crippen molar-refractivity contribution in [3.05, 3.63) is 18.0 Å². The highest BCUT2D eigenvalue weighted by atomic mass is 16.5. The molecule has 1 aromatic rings. The highest BCUT2D eigenvalue weighted by Gasteiger charge is 2.13. The van der Waals surface area contributed by atoms with Gasteiger partial charge in [0.15, 0.2) is 0 Å². The number of aromatic amines is 1. The molecule has 0 amide bonds. The summed E-state index contributed by atoms with van der Waals surface area (Å²) in [5, 5.41) is 6.47. The number of ether oxygens (including phenoxy) is 1. The average Bonchev–Trinajstić information content (AvgIpc) is 2.55. The minimum Gasteiger partial charge on any atom is -0.469 e. The van der Waals surface area contributed by atoms with Crippen molar-refractivity contribution < 1.29 is 9.53 Å². The first-order valence-corrected chi connectivity index (χ1v) is 3.79. The minimum atomic E-state index is -0.184. The van der Waals surface area contributed by atoms with Gasteiger partial charge in [-0.1, -0.05) is 6.92 Å². The SMILES string of the molecule is COC(=O)C(C)Cc1cn[nH]c1. The van der Waals surface area contributed by atoms with E-state index in [0.29, 0.717) is 6.42 Å². The molecule has 1 atom stereocenters. The van der Waals surface area contributed by atoms with Crippen molar-refractivity contribution in [3.63, 3.8) is 0 Å². The van der Waals surface area contributed by atoms with E-state index in [-0.39, 0.29) is 11.9 Å². The second kappa shape index (κ2) is 3.90. The molecule has 1 rings (SSSR count). The highest BCUT2D eigenvalue weighted by Crippen LogP contribution is 2.07. The lowest BCUT2D eigenvalue weighted by molar-refractivity contribution is -0.144. The molecular weight excluding hydrogens is 156 g/mol. The molecule has 0 aliphatic rings. The summed E-state index contributed by atoms with van der Waals surface area (Å²) in [6.07, 6.45) is 4.15. The zero-order chi connectivity index (χ0) is 8.97. The number of aromatic nitrogens is 2. The Kier molecular flexibility index (Phi) is 2.85. The molecule has 0 spiro atoms. The fourth-order valence-electron chi connectivity index (χ4n) is 1.03. The van der Waals surface area contributed by atoms with Crippen molar-refractivity contribution in [2.24, 2.45) is 5.92 Å². The Morgan fingerprint density at radius 3 is 3.08 bits per heavy atom. The van der Waals surface area contributed by atoms with Crippen LogP contribution >= 0.6 is 0 Å². The molecule has 0 aliphatic heterocycles. The van der Waals surface area contributed by atoms with Gasteiger partial charge in [-0.3, -0.25) is 9.89 Å². The third-order valence-electron chi connectivity index (χ3n) is 1.70. The van der Waals surface area contributed by atoms with Crippen LogP contribution in [-0.2, 0) is 16.0 Å². The molecule has 12 heavy (non-hydrogen) atoms. The summed E-state index contributed by atoms with van der Waals surface area (Å²) >= 11 is 0. The molecule has 4 nitrogen and oxygen atoms in total. The Balaban J connectivity index is 2.47. The van der Waals surface area contributed by atoms with E-state index in [1.165, 1.54) is 7.11 Å². The van der Waals surface area contributed by atoms with Crippen molar-refractivity contribution in [3.8, 4) is 0 Å². The van der Waals surface area contributed by atoms with Gasteiger partial charge < -0.3 is 4.74 Å². The highest BCUT2D eigenvalue weighted by molar-refractivity contribution is 5.72. The third kappa shape index (κ3) is 2.08. The zero-order valence-electron chi connectivity index (χ0n) is 7.20. The van der Waals surface area contributed by atoms with E-state index in [2.05, 4.69) is 14.9 Å². The third-order valence-corrected chi connectivity index (χ3v) is 1.70. The summed E-state index contributed by atoms with van der Waals surface area (Å²) in [6.45, 7) is 1.83. The molecule has 1 heterocycles. The average molecular weight is 168 g/mol. The molecule has 0 radical (unpaired) electrons. The topological polar surface area (TPSA) is 55.0 Å². The molecule has 0 aromatic carbocycles. The van der Waals surface area contributed by atoms with Crippen molar-refractivity contribution in [1.82, 2.24) is 10.2 Å². The lowest BCUT2D eigenvalue weighted by Crippen LogP contribution is -2.14. The van der Waals surface area contributed by atoms with Crippen LogP contribution in [0.5, 0.6) is 0 Å². The van der Waals surface area contributed by atoms with Gasteiger partial charge in [-0.05, 0) is 12.0 Å². The molecule has 0 saturated heterocycles. The maximum Gasteiger partial charge on any atom is 0.308 e. The van der Waals surface area contributed by atoms with Gasteiger partial charge in [0.2, 0.25) is 0 Å². The van der Waals surface area contributed by atoms with Crippen LogP contribution in [0.1, 0.15) is 12.5 Å². The smallest absolute Gasteiger partial charge is 0.308 e. The second-order valence-electron chi connectivity index (χ2n) is 2.73. The van der Waals surface area contributed by atoms with Crippen LogP contribution in [0.4, 0.5) is 0 Å². The van der Waals surface area contributed by atoms with E-state index in [0.717, 1.165) is 5.56 Å². The summed E-state index contributed by atoms with van der Waals surface area (Å²) in [7, 11) is 1.40. The van der Waals surface area contributed by atoms with Crippen molar-refractivity contribution >= 4 is 5.97 Å². The summed E-state index contributed by atoms with van der Waals surface area (Å²) in [5.41, 5.74) is 1.02. The first-order valence-electron chi connectivity index (χ1n) is 3.79. The van der Waals surface area contributed by atoms with E-state index in [1.54, 1.807) is 12.4 Å². The summed E-state index contributed by atoms with van der Waals surface area (Å²) < 4.78 is 4.59. The van der Waals surface area contributed by atoms with E-state index in [4.69, 9.17) is 0 Å². The lowest BCUT2D eigenvalue weighted by Gasteiger charge is -2.05. The Bertz CT molecular complexity index is 244. The molecule has 1 unspecified atom stereocenters. The van der Waals surface area contributed by atoms with E-state index in [1.807, 2.05) is 6.92 Å². The van der Waals surface area contributed by atoms with Crippen LogP contribution in [0.15, 0.2) is 12.4 Å². The second-order valence-corrected chi connectivity index (χ2v) is 2.73. The summed E-state index contributed by atoms with van der Waals surface area (Å²) in [4.78, 5) is 11.0. The Morgan fingerprint density at radius 1 is 1.83 bits per heavy atom. The molecule has 1 N–H and O–H groups in total. The zero-order valence-corrected chi connectivity index (χ0v) is 7.20. The monoisotopic (exact) mass is 168 g/mol. The van der Waals surface area contributed by atoms with Crippen LogP contribution in [0.2, 0.25) is 0 Å². The largest absolute Gasteiger partial charge is 0.469 e. The lowest BCUT2D eigenvalue weighted by atomic mass is 10.0. The predicted molar refractivity (Wildman–Crippen MR) is 43.5 cm³/mol. The number of hydrogen-bond donors (Lipinski definition) is 1. The Labute approximate surface area is 70.9 Å². The predicted octanol–water partition coefficient (Wildman–Crippen LogP) is 0.761. The Hall–Kier alpha value is -1.32. The van der Waals surface area contributed by atoms with Gasteiger partial charge in [0, 0.05) is 6.20 Å². The van der Waals surface area contributed by atoms with E-state index in [9.17, 15) is 4.79 Å². The molecule has 0 bridgehead atoms. The molecule has 4 heteroatoms. The van der Waals surface area contributed by atoms with Crippen LogP contribution in [0.25, 0.3) is 0 Å². The standard InChI is InChI=1S/C8H12N2O2/c1-6(8(11)12-2)3-7-4-9-10-5-7/h4-6H,3H2,1-2H3,(H,9,10). The molecule has 1 aromatic heterocycles. The molecular formula is C8H12N2O2. The van der Waals surface area contributed by atoms with Crippen molar-refractivity contribution in [2.45, 2.75) is 13.3 Å². The number of hydrogen-bond acceptors (Lipinski definition) is 3. The summed E-state index contributed by atoms with van der Waals surface area (Å²) in [5.74, 6) is -0.288. The minimum absolute atomic E-state index is 0.104. The number of nitrogens with one attached hydrogen (secondary N) is 1. The number of nitrogens with zero attached hydrogens (tertiary/aromatic N) is 1. The molecule has 0 fully saturated rings. The van der Waals surface area contributed by atoms with Gasteiger partial charge in [0.05, 0.1) is 19.2 Å². The first kappa shape index (κ1) is 8.77. The molecule has 0 saturated carbocycles. The van der Waals surface area contributed by atoms with Gasteiger partial charge in [0.1, 0.15) is 0 Å². The van der Waals surface area contributed by atoms with Crippen molar-refractivity contribution in [1.29, 1.82) is 0 Å². The molecule has 0 aliphatic carbocycles. The fraction of sp³-hybridized carbons (Fsp3) is 0.500. The van der Waals surface area contributed by atoms with Gasteiger partial charge in [-0.2, -0.15) is 5.10 Å². The van der Waals surface area contributed by atoms with Gasteiger partial charge >= 0.3 is 5.97 Å². The van der Waals surface area contributed by atoms with Gasteiger partial charge in [-0.25, -0.2) is 0 Å². The number of carbonyl (C=O) groups is 1. The van der Waals surface area contributed by atoms with Crippen LogP contribution in [0, 0.1) is 5.92 Å². The van der Waals surface area contributed by atoms with Crippen molar-refractivity contribution in [2.75, 3.05) is 7.11 Å². The van der Waals surface area contributed by atoms with E-state index < -0.39 is 0 Å².